The lowest BCUT2D eigenvalue weighted by Crippen LogP contribution is -2.20. The van der Waals surface area contributed by atoms with Crippen LogP contribution in [0.15, 0.2) is 0 Å². The summed E-state index contributed by atoms with van der Waals surface area (Å²) in [6.07, 6.45) is 21.8. The number of hydrogen-bond acceptors (Lipinski definition) is 1. The Kier molecular flexibility index (Phi) is 21.3. The Balaban J connectivity index is 0. The van der Waals surface area contributed by atoms with Crippen molar-refractivity contribution >= 4 is 15.2 Å². The van der Waals surface area contributed by atoms with Gasteiger partial charge in [-0.05, 0) is 17.5 Å². The van der Waals surface area contributed by atoms with Gasteiger partial charge < -0.3 is 5.11 Å². The van der Waals surface area contributed by atoms with Crippen molar-refractivity contribution in [3.63, 3.8) is 0 Å². The Bertz CT molecular complexity index is 293. The number of aliphatic carboxylic acids is 1. The molecule has 1 N–H and O–H groups in total. The van der Waals surface area contributed by atoms with Gasteiger partial charge >= 0.3 is 0 Å². The van der Waals surface area contributed by atoms with Crippen LogP contribution < -0.4 is 0 Å². The highest BCUT2D eigenvalue weighted by Gasteiger charge is 2.19. The molecule has 2 atom stereocenters. The highest BCUT2D eigenvalue weighted by Crippen LogP contribution is 2.30. The zero-order valence-corrected chi connectivity index (χ0v) is 19.8. The largest absolute Gasteiger partial charge is 0.481 e. The normalized spacial score (nSPS) is 12.4. The molecule has 3 heteroatoms. The molecule has 0 saturated heterocycles. The van der Waals surface area contributed by atoms with E-state index in [2.05, 4.69) is 36.9 Å². The molecule has 2 unspecified atom stereocenters. The maximum atomic E-state index is 9.00. The Labute approximate surface area is 167 Å². The second kappa shape index (κ2) is 19.7. The summed E-state index contributed by atoms with van der Waals surface area (Å²) in [5.74, 6) is -0.00479. The van der Waals surface area contributed by atoms with Crippen molar-refractivity contribution in [1.82, 2.24) is 0 Å². The monoisotopic (exact) mass is 388 g/mol. The van der Waals surface area contributed by atoms with Crippen molar-refractivity contribution in [2.45, 2.75) is 136 Å². The predicted molar refractivity (Wildman–Crippen MR) is 121 cm³/mol. The van der Waals surface area contributed by atoms with Gasteiger partial charge in [-0.2, -0.15) is 0 Å². The molecule has 0 rings (SSSR count). The number of carboxylic acids is 1. The summed E-state index contributed by atoms with van der Waals surface area (Å²) < 4.78 is 0. The molecule has 0 aromatic carbocycles. The summed E-state index contributed by atoms with van der Waals surface area (Å²) >= 11 is 0. The van der Waals surface area contributed by atoms with E-state index in [9.17, 15) is 0 Å². The fourth-order valence-corrected chi connectivity index (χ4v) is 3.18. The molecule has 0 aliphatic carbocycles. The van der Waals surface area contributed by atoms with Crippen molar-refractivity contribution in [2.75, 3.05) is 0 Å². The third-order valence-electron chi connectivity index (χ3n) is 5.26. The summed E-state index contributed by atoms with van der Waals surface area (Å²) in [7, 11) is 3.00. The van der Waals surface area contributed by atoms with Crippen LogP contribution in [0.25, 0.3) is 0 Å². The molecule has 2 nitrogen and oxygen atoms in total. The van der Waals surface area contributed by atoms with E-state index in [1.807, 2.05) is 0 Å². The minimum absolute atomic E-state index is 0.413. The van der Waals surface area contributed by atoms with Gasteiger partial charge in [0, 0.05) is 6.92 Å². The van der Waals surface area contributed by atoms with E-state index >= 15 is 0 Å². The first-order valence-corrected chi connectivity index (χ1v) is 11.8. The van der Waals surface area contributed by atoms with Crippen molar-refractivity contribution in [1.29, 1.82) is 0 Å². The van der Waals surface area contributed by atoms with E-state index in [1.165, 1.54) is 96.3 Å². The molecule has 0 aromatic rings. The number of unbranched alkanes of at least 4 members (excludes halogenated alkanes) is 13. The summed E-state index contributed by atoms with van der Waals surface area (Å²) in [6, 6.07) is 0. The predicted octanol–water partition coefficient (Wildman–Crippen LogP) is 8.24. The lowest BCUT2D eigenvalue weighted by molar-refractivity contribution is -0.134. The SMILES string of the molecule is CC(=O)O.CCCCCCCCCCCCCCCCC(C)C(C)(C)P. The van der Waals surface area contributed by atoms with Gasteiger partial charge in [0.2, 0.25) is 0 Å². The zero-order chi connectivity index (χ0) is 20.3. The summed E-state index contributed by atoms with van der Waals surface area (Å²) in [4.78, 5) is 9.00. The van der Waals surface area contributed by atoms with Gasteiger partial charge in [0.1, 0.15) is 0 Å². The minimum atomic E-state index is -0.833. The number of carboxylic acid groups (broad SMARTS) is 1. The minimum Gasteiger partial charge on any atom is -0.481 e. The van der Waals surface area contributed by atoms with Crippen molar-refractivity contribution < 1.29 is 9.90 Å². The fourth-order valence-electron chi connectivity index (χ4n) is 3.02. The van der Waals surface area contributed by atoms with E-state index in [-0.39, 0.29) is 0 Å². The summed E-state index contributed by atoms with van der Waals surface area (Å²) in [5.41, 5.74) is 0. The lowest BCUT2D eigenvalue weighted by atomic mass is 9.91. The van der Waals surface area contributed by atoms with Gasteiger partial charge in [-0.15, -0.1) is 9.24 Å². The molecule has 0 fully saturated rings. The zero-order valence-electron chi connectivity index (χ0n) is 18.6. The average molecular weight is 389 g/mol. The molecule has 0 aromatic heterocycles. The first kappa shape index (κ1) is 28.1. The molecule has 0 spiro atoms. The van der Waals surface area contributed by atoms with Gasteiger partial charge in [0.25, 0.3) is 5.97 Å². The first-order valence-electron chi connectivity index (χ1n) is 11.2. The first-order chi connectivity index (χ1) is 12.2. The van der Waals surface area contributed by atoms with Crippen LogP contribution in [0.4, 0.5) is 0 Å². The lowest BCUT2D eigenvalue weighted by Gasteiger charge is -2.26. The molecule has 0 amide bonds. The van der Waals surface area contributed by atoms with E-state index in [0.717, 1.165) is 12.8 Å². The Morgan fingerprint density at radius 2 is 1.08 bits per heavy atom. The van der Waals surface area contributed by atoms with Crippen LogP contribution in [0.5, 0.6) is 0 Å². The topological polar surface area (TPSA) is 37.3 Å². The van der Waals surface area contributed by atoms with Crippen LogP contribution in [0.3, 0.4) is 0 Å². The van der Waals surface area contributed by atoms with Crippen LogP contribution in [-0.4, -0.2) is 16.2 Å². The molecule has 158 valence electrons. The average Bonchev–Trinajstić information content (AvgIpc) is 2.53. The van der Waals surface area contributed by atoms with Crippen LogP contribution in [0, 0.1) is 5.92 Å². The van der Waals surface area contributed by atoms with Crippen molar-refractivity contribution in [2.24, 2.45) is 5.92 Å². The van der Waals surface area contributed by atoms with Crippen LogP contribution in [0.1, 0.15) is 131 Å². The molecular weight excluding hydrogens is 339 g/mol. The Morgan fingerprint density at radius 1 is 0.808 bits per heavy atom. The van der Waals surface area contributed by atoms with Gasteiger partial charge in [0.05, 0.1) is 0 Å². The molecule has 0 saturated carbocycles. The third-order valence-corrected chi connectivity index (χ3v) is 5.83. The molecule has 0 radical (unpaired) electrons. The molecule has 0 aliphatic rings. The smallest absolute Gasteiger partial charge is 0.300 e. The van der Waals surface area contributed by atoms with Crippen molar-refractivity contribution in [3.05, 3.63) is 0 Å². The molecule has 0 heterocycles. The Hall–Kier alpha value is -0.100. The van der Waals surface area contributed by atoms with E-state index in [1.54, 1.807) is 0 Å². The standard InChI is InChI=1S/C21H45P.C2H4O2/c1-5-6-7-8-9-10-11-12-13-14-15-16-17-18-19-20(2)21(3,4)22;1-2(3)4/h20H,5-19,22H2,1-4H3;1H3,(H,3,4). The van der Waals surface area contributed by atoms with E-state index in [4.69, 9.17) is 9.90 Å². The van der Waals surface area contributed by atoms with Gasteiger partial charge in [-0.25, -0.2) is 0 Å². The molecule has 26 heavy (non-hydrogen) atoms. The van der Waals surface area contributed by atoms with Crippen LogP contribution in [0.2, 0.25) is 0 Å². The second-order valence-electron chi connectivity index (χ2n) is 8.63. The summed E-state index contributed by atoms with van der Waals surface area (Å²) in [5, 5.41) is 7.83. The quantitative estimate of drug-likeness (QED) is 0.213. The highest BCUT2D eigenvalue weighted by molar-refractivity contribution is 7.18. The maximum Gasteiger partial charge on any atom is 0.300 e. The van der Waals surface area contributed by atoms with E-state index < -0.39 is 5.97 Å². The number of carbonyl (C=O) groups is 1. The molecular formula is C23H49O2P. The number of hydrogen-bond donors (Lipinski definition) is 1. The van der Waals surface area contributed by atoms with E-state index in [0.29, 0.717) is 5.16 Å². The Morgan fingerprint density at radius 3 is 1.35 bits per heavy atom. The van der Waals surface area contributed by atoms with Crippen molar-refractivity contribution in [3.8, 4) is 0 Å². The van der Waals surface area contributed by atoms with Crippen LogP contribution >= 0.6 is 9.24 Å². The second-order valence-corrected chi connectivity index (χ2v) is 10.1. The third kappa shape index (κ3) is 26.1. The molecule has 0 aliphatic heterocycles. The van der Waals surface area contributed by atoms with Gasteiger partial charge in [0.15, 0.2) is 0 Å². The van der Waals surface area contributed by atoms with Gasteiger partial charge in [-0.3, -0.25) is 4.79 Å². The fraction of sp³-hybridized carbons (Fsp3) is 0.957. The highest BCUT2D eigenvalue weighted by atomic mass is 31.0. The molecule has 0 bridgehead atoms. The number of rotatable bonds is 16. The van der Waals surface area contributed by atoms with Gasteiger partial charge in [-0.1, -0.05) is 118 Å². The summed E-state index contributed by atoms with van der Waals surface area (Å²) in [6.45, 7) is 10.5. The van der Waals surface area contributed by atoms with Crippen LogP contribution in [-0.2, 0) is 4.79 Å². The maximum absolute atomic E-state index is 9.00.